The Hall–Kier alpha value is -1.22. The average molecular weight is 263 g/mol. The van der Waals surface area contributed by atoms with Crippen LogP contribution in [0.1, 0.15) is 53.6 Å². The van der Waals surface area contributed by atoms with Gasteiger partial charge in [-0.15, -0.1) is 0 Å². The fourth-order valence-electron chi connectivity index (χ4n) is 3.08. The van der Waals surface area contributed by atoms with Crippen LogP contribution in [0.2, 0.25) is 0 Å². The summed E-state index contributed by atoms with van der Waals surface area (Å²) in [5, 5.41) is 0. The van der Waals surface area contributed by atoms with Gasteiger partial charge in [0.2, 0.25) is 0 Å². The zero-order chi connectivity index (χ0) is 14.0. The molecule has 0 saturated heterocycles. The molecular formula is C16H22FNO. The first-order valence-corrected chi connectivity index (χ1v) is 7.07. The summed E-state index contributed by atoms with van der Waals surface area (Å²) in [5.41, 5.74) is 7.91. The van der Waals surface area contributed by atoms with Gasteiger partial charge in [0, 0.05) is 12.0 Å². The number of benzene rings is 1. The van der Waals surface area contributed by atoms with Crippen LogP contribution < -0.4 is 5.73 Å². The average Bonchev–Trinajstić information content (AvgIpc) is 2.52. The lowest BCUT2D eigenvalue weighted by Gasteiger charge is -2.21. The number of hydrogen-bond acceptors (Lipinski definition) is 2. The molecule has 2 unspecified atom stereocenters. The van der Waals surface area contributed by atoms with E-state index in [-0.39, 0.29) is 23.3 Å². The van der Waals surface area contributed by atoms with Gasteiger partial charge in [-0.3, -0.25) is 4.79 Å². The van der Waals surface area contributed by atoms with E-state index >= 15 is 0 Å². The molecule has 1 aliphatic rings. The summed E-state index contributed by atoms with van der Waals surface area (Å²) in [7, 11) is 0. The quantitative estimate of drug-likeness (QED) is 0.655. The van der Waals surface area contributed by atoms with Gasteiger partial charge in [-0.25, -0.2) is 4.39 Å². The molecule has 0 radical (unpaired) electrons. The second-order valence-electron chi connectivity index (χ2n) is 5.71. The molecular weight excluding hydrogens is 241 g/mol. The number of rotatable bonds is 2. The highest BCUT2D eigenvalue weighted by atomic mass is 19.1. The van der Waals surface area contributed by atoms with Gasteiger partial charge in [0.05, 0.1) is 5.56 Å². The molecule has 0 aliphatic heterocycles. The number of nitrogens with two attached hydrogens (primary N) is 1. The minimum absolute atomic E-state index is 0.107. The van der Waals surface area contributed by atoms with E-state index in [0.717, 1.165) is 43.2 Å². The molecule has 0 bridgehead atoms. The van der Waals surface area contributed by atoms with E-state index in [4.69, 9.17) is 5.73 Å². The van der Waals surface area contributed by atoms with Crippen LogP contribution >= 0.6 is 0 Å². The molecule has 1 fully saturated rings. The van der Waals surface area contributed by atoms with Gasteiger partial charge in [0.25, 0.3) is 0 Å². The highest BCUT2D eigenvalue weighted by Gasteiger charge is 2.30. The fourth-order valence-corrected chi connectivity index (χ4v) is 3.08. The van der Waals surface area contributed by atoms with Gasteiger partial charge in [-0.1, -0.05) is 25.3 Å². The summed E-state index contributed by atoms with van der Waals surface area (Å²) in [5.74, 6) is -0.734. The van der Waals surface area contributed by atoms with Crippen LogP contribution in [-0.2, 0) is 0 Å². The molecule has 0 amide bonds. The van der Waals surface area contributed by atoms with Crippen molar-refractivity contribution < 1.29 is 9.18 Å². The maximum Gasteiger partial charge on any atom is 0.170 e. The van der Waals surface area contributed by atoms with Gasteiger partial charge in [0.1, 0.15) is 5.82 Å². The van der Waals surface area contributed by atoms with E-state index < -0.39 is 5.82 Å². The first-order valence-electron chi connectivity index (χ1n) is 7.07. The summed E-state index contributed by atoms with van der Waals surface area (Å²) in [6.45, 7) is 3.63. The highest BCUT2D eigenvalue weighted by Crippen LogP contribution is 2.28. The lowest BCUT2D eigenvalue weighted by molar-refractivity contribution is 0.0890. The lowest BCUT2D eigenvalue weighted by atomic mass is 9.85. The monoisotopic (exact) mass is 263 g/mol. The maximum absolute atomic E-state index is 14.1. The van der Waals surface area contributed by atoms with Crippen molar-refractivity contribution in [2.45, 2.75) is 52.0 Å². The number of ketones is 1. The first-order chi connectivity index (χ1) is 9.00. The van der Waals surface area contributed by atoms with Gasteiger partial charge >= 0.3 is 0 Å². The minimum atomic E-state index is -0.404. The summed E-state index contributed by atoms with van der Waals surface area (Å²) >= 11 is 0. The normalized spacial score (nSPS) is 24.0. The number of hydrogen-bond donors (Lipinski definition) is 1. The Labute approximate surface area is 114 Å². The van der Waals surface area contributed by atoms with E-state index in [1.807, 2.05) is 13.0 Å². The van der Waals surface area contributed by atoms with Crippen molar-refractivity contribution in [3.8, 4) is 0 Å². The molecule has 1 aliphatic carbocycles. The van der Waals surface area contributed by atoms with Crippen molar-refractivity contribution in [2.24, 2.45) is 11.7 Å². The smallest absolute Gasteiger partial charge is 0.170 e. The molecule has 0 aromatic heterocycles. The van der Waals surface area contributed by atoms with Crippen LogP contribution in [0, 0.1) is 25.6 Å². The molecule has 2 atom stereocenters. The zero-order valence-electron chi connectivity index (χ0n) is 11.7. The fraction of sp³-hybridized carbons (Fsp3) is 0.562. The predicted octanol–water partition coefficient (Wildman–Crippen LogP) is 3.53. The van der Waals surface area contributed by atoms with Crippen molar-refractivity contribution in [2.75, 3.05) is 0 Å². The summed E-state index contributed by atoms with van der Waals surface area (Å²) in [6, 6.07) is 3.16. The number of carbonyl (C=O) groups excluding carboxylic acids is 1. The summed E-state index contributed by atoms with van der Waals surface area (Å²) in [4.78, 5) is 12.6. The molecule has 1 saturated carbocycles. The molecule has 1 aromatic carbocycles. The maximum atomic E-state index is 14.1. The summed E-state index contributed by atoms with van der Waals surface area (Å²) in [6.07, 6.45) is 4.85. The van der Waals surface area contributed by atoms with Crippen molar-refractivity contribution >= 4 is 5.78 Å². The van der Waals surface area contributed by atoms with E-state index in [2.05, 4.69) is 0 Å². The van der Waals surface area contributed by atoms with Crippen LogP contribution in [0.25, 0.3) is 0 Å². The van der Waals surface area contributed by atoms with E-state index in [9.17, 15) is 9.18 Å². The summed E-state index contributed by atoms with van der Waals surface area (Å²) < 4.78 is 14.1. The molecule has 104 valence electrons. The van der Waals surface area contributed by atoms with Crippen molar-refractivity contribution in [3.63, 3.8) is 0 Å². The third kappa shape index (κ3) is 3.03. The van der Waals surface area contributed by atoms with Gasteiger partial charge in [-0.05, 0) is 43.9 Å². The second kappa shape index (κ2) is 5.83. The largest absolute Gasteiger partial charge is 0.327 e. The topological polar surface area (TPSA) is 43.1 Å². The standard InChI is InChI=1S/C16H22FNO/c1-10-8-11(2)15(13(17)9-10)16(19)12-6-4-3-5-7-14(12)18/h8-9,12,14H,3-7,18H2,1-2H3. The van der Waals surface area contributed by atoms with E-state index in [1.54, 1.807) is 6.92 Å². The Morgan fingerprint density at radius 1 is 1.21 bits per heavy atom. The molecule has 0 heterocycles. The van der Waals surface area contributed by atoms with Crippen molar-refractivity contribution in [1.29, 1.82) is 0 Å². The van der Waals surface area contributed by atoms with Crippen LogP contribution in [0.3, 0.4) is 0 Å². The predicted molar refractivity (Wildman–Crippen MR) is 74.8 cm³/mol. The number of Topliss-reactive ketones (excluding diaryl/α,β-unsaturated/α-hetero) is 1. The van der Waals surface area contributed by atoms with Crippen LogP contribution in [0.4, 0.5) is 4.39 Å². The third-order valence-corrected chi connectivity index (χ3v) is 4.08. The van der Waals surface area contributed by atoms with E-state index in [0.29, 0.717) is 0 Å². The Morgan fingerprint density at radius 3 is 2.58 bits per heavy atom. The van der Waals surface area contributed by atoms with Crippen molar-refractivity contribution in [3.05, 3.63) is 34.6 Å². The van der Waals surface area contributed by atoms with Crippen molar-refractivity contribution in [1.82, 2.24) is 0 Å². The molecule has 19 heavy (non-hydrogen) atoms. The van der Waals surface area contributed by atoms with E-state index in [1.165, 1.54) is 6.07 Å². The lowest BCUT2D eigenvalue weighted by Crippen LogP contribution is -2.35. The molecule has 3 heteroatoms. The third-order valence-electron chi connectivity index (χ3n) is 4.08. The molecule has 2 N–H and O–H groups in total. The highest BCUT2D eigenvalue weighted by molar-refractivity contribution is 5.99. The molecule has 2 rings (SSSR count). The number of carbonyl (C=O) groups is 1. The van der Waals surface area contributed by atoms with Gasteiger partial charge < -0.3 is 5.73 Å². The Kier molecular flexibility index (Phi) is 4.35. The zero-order valence-corrected chi connectivity index (χ0v) is 11.7. The molecule has 0 spiro atoms. The molecule has 1 aromatic rings. The number of aryl methyl sites for hydroxylation is 2. The second-order valence-corrected chi connectivity index (χ2v) is 5.71. The Bertz CT molecular complexity index is 461. The SMILES string of the molecule is Cc1cc(C)c(C(=O)C2CCCCCC2N)c(F)c1. The van der Waals surface area contributed by atoms with Crippen LogP contribution in [0.15, 0.2) is 12.1 Å². The van der Waals surface area contributed by atoms with Gasteiger partial charge in [-0.2, -0.15) is 0 Å². The Morgan fingerprint density at radius 2 is 1.89 bits per heavy atom. The van der Waals surface area contributed by atoms with Crippen LogP contribution in [0.5, 0.6) is 0 Å². The first kappa shape index (κ1) is 14.2. The number of halogens is 1. The minimum Gasteiger partial charge on any atom is -0.327 e. The Balaban J connectivity index is 2.33. The van der Waals surface area contributed by atoms with Crippen LogP contribution in [-0.4, -0.2) is 11.8 Å². The molecule has 2 nitrogen and oxygen atoms in total. The van der Waals surface area contributed by atoms with Gasteiger partial charge in [0.15, 0.2) is 5.78 Å².